The number of nitrogens with one attached hydrogen (secondary N) is 2. The number of carbonyl (C=O) groups is 1. The lowest BCUT2D eigenvalue weighted by molar-refractivity contribution is -0.122. The fourth-order valence-electron chi connectivity index (χ4n) is 2.26. The lowest BCUT2D eigenvalue weighted by atomic mass is 10.1. The predicted octanol–water partition coefficient (Wildman–Crippen LogP) is 0.0106. The molecule has 1 aromatic carbocycles. The Bertz CT molecular complexity index is 603. The van der Waals surface area contributed by atoms with Crippen molar-refractivity contribution in [1.82, 2.24) is 10.0 Å². The summed E-state index contributed by atoms with van der Waals surface area (Å²) in [6.07, 6.45) is 0.864. The van der Waals surface area contributed by atoms with Crippen LogP contribution in [0.3, 0.4) is 0 Å². The summed E-state index contributed by atoms with van der Waals surface area (Å²) in [5.74, 6) is -0.0380. The van der Waals surface area contributed by atoms with Crippen LogP contribution >= 0.6 is 0 Å². The van der Waals surface area contributed by atoms with Gasteiger partial charge < -0.3 is 11.1 Å². The molecule has 1 atom stereocenters. The van der Waals surface area contributed by atoms with Gasteiger partial charge in [0.05, 0.1) is 4.90 Å². The van der Waals surface area contributed by atoms with Crippen molar-refractivity contribution in [3.05, 3.63) is 29.3 Å². The van der Waals surface area contributed by atoms with E-state index < -0.39 is 10.0 Å². The Balaban J connectivity index is 2.16. The van der Waals surface area contributed by atoms with Crippen LogP contribution in [0.25, 0.3) is 0 Å². The van der Waals surface area contributed by atoms with E-state index in [9.17, 15) is 13.2 Å². The van der Waals surface area contributed by atoms with Gasteiger partial charge in [-0.05, 0) is 30.5 Å². The van der Waals surface area contributed by atoms with Gasteiger partial charge in [-0.1, -0.05) is 12.1 Å². The van der Waals surface area contributed by atoms with Crippen LogP contribution in [0.4, 0.5) is 0 Å². The first-order chi connectivity index (χ1) is 9.42. The summed E-state index contributed by atoms with van der Waals surface area (Å²) in [5.41, 5.74) is 7.10. The first-order valence-corrected chi connectivity index (χ1v) is 7.99. The SMILES string of the molecule is Cc1cc(CN)ccc1S(=O)(=O)NC1CCC(=O)NC1. The normalized spacial score (nSPS) is 19.7. The van der Waals surface area contributed by atoms with E-state index >= 15 is 0 Å². The number of aryl methyl sites for hydroxylation is 1. The van der Waals surface area contributed by atoms with E-state index in [1.807, 2.05) is 0 Å². The zero-order valence-corrected chi connectivity index (χ0v) is 12.2. The predicted molar refractivity (Wildman–Crippen MR) is 75.4 cm³/mol. The molecule has 1 aromatic rings. The van der Waals surface area contributed by atoms with Crippen LogP contribution in [-0.4, -0.2) is 26.9 Å². The maximum Gasteiger partial charge on any atom is 0.241 e. The largest absolute Gasteiger partial charge is 0.355 e. The number of carbonyl (C=O) groups excluding carboxylic acids is 1. The molecule has 7 heteroatoms. The van der Waals surface area contributed by atoms with Gasteiger partial charge in [0.1, 0.15) is 0 Å². The third-order valence-electron chi connectivity index (χ3n) is 3.35. The highest BCUT2D eigenvalue weighted by atomic mass is 32.2. The molecule has 0 aliphatic carbocycles. The second-order valence-electron chi connectivity index (χ2n) is 4.96. The smallest absolute Gasteiger partial charge is 0.241 e. The molecule has 1 aliphatic heterocycles. The van der Waals surface area contributed by atoms with Crippen molar-refractivity contribution in [3.8, 4) is 0 Å². The third-order valence-corrected chi connectivity index (χ3v) is 5.03. The highest BCUT2D eigenvalue weighted by Crippen LogP contribution is 2.18. The molecule has 0 bridgehead atoms. The molecule has 6 nitrogen and oxygen atoms in total. The standard InChI is InChI=1S/C13H19N3O3S/c1-9-6-10(7-14)2-4-12(9)20(18,19)16-11-3-5-13(17)15-8-11/h2,4,6,11,16H,3,5,7-8,14H2,1H3,(H,15,17). The van der Waals surface area contributed by atoms with Crippen molar-refractivity contribution >= 4 is 15.9 Å². The Labute approximate surface area is 118 Å². The molecule has 0 radical (unpaired) electrons. The van der Waals surface area contributed by atoms with Crippen LogP contribution < -0.4 is 15.8 Å². The van der Waals surface area contributed by atoms with Gasteiger partial charge in [-0.25, -0.2) is 13.1 Å². The van der Waals surface area contributed by atoms with Gasteiger partial charge in [-0.15, -0.1) is 0 Å². The first kappa shape index (κ1) is 15.0. The summed E-state index contributed by atoms with van der Waals surface area (Å²) >= 11 is 0. The van der Waals surface area contributed by atoms with Gasteiger partial charge >= 0.3 is 0 Å². The Morgan fingerprint density at radius 2 is 2.20 bits per heavy atom. The summed E-state index contributed by atoms with van der Waals surface area (Å²) in [4.78, 5) is 11.3. The molecule has 1 heterocycles. The Morgan fingerprint density at radius 1 is 1.45 bits per heavy atom. The fraction of sp³-hybridized carbons (Fsp3) is 0.462. The van der Waals surface area contributed by atoms with Crippen molar-refractivity contribution in [2.24, 2.45) is 5.73 Å². The van der Waals surface area contributed by atoms with Crippen LogP contribution in [0, 0.1) is 6.92 Å². The molecule has 20 heavy (non-hydrogen) atoms. The van der Waals surface area contributed by atoms with Crippen LogP contribution in [0.15, 0.2) is 23.1 Å². The van der Waals surface area contributed by atoms with E-state index in [4.69, 9.17) is 5.73 Å². The monoisotopic (exact) mass is 297 g/mol. The molecule has 1 saturated heterocycles. The van der Waals surface area contributed by atoms with Gasteiger partial charge in [0, 0.05) is 25.6 Å². The van der Waals surface area contributed by atoms with Crippen LogP contribution in [0.5, 0.6) is 0 Å². The highest BCUT2D eigenvalue weighted by Gasteiger charge is 2.25. The zero-order chi connectivity index (χ0) is 14.8. The number of sulfonamides is 1. The van der Waals surface area contributed by atoms with E-state index in [0.29, 0.717) is 31.5 Å². The van der Waals surface area contributed by atoms with Crippen molar-refractivity contribution in [2.45, 2.75) is 37.2 Å². The Morgan fingerprint density at radius 3 is 2.75 bits per heavy atom. The quantitative estimate of drug-likeness (QED) is 0.728. The summed E-state index contributed by atoms with van der Waals surface area (Å²) in [5, 5.41) is 2.66. The maximum atomic E-state index is 12.3. The second kappa shape index (κ2) is 5.90. The molecular weight excluding hydrogens is 278 g/mol. The number of hydrogen-bond acceptors (Lipinski definition) is 4. The molecule has 0 aromatic heterocycles. The first-order valence-electron chi connectivity index (χ1n) is 6.51. The number of nitrogens with two attached hydrogens (primary N) is 1. The van der Waals surface area contributed by atoms with Gasteiger partial charge in [0.2, 0.25) is 15.9 Å². The van der Waals surface area contributed by atoms with Crippen LogP contribution in [-0.2, 0) is 21.4 Å². The van der Waals surface area contributed by atoms with E-state index in [0.717, 1.165) is 5.56 Å². The Hall–Kier alpha value is -1.44. The molecular formula is C13H19N3O3S. The molecule has 1 aliphatic rings. The lowest BCUT2D eigenvalue weighted by Crippen LogP contribution is -2.47. The van der Waals surface area contributed by atoms with Gasteiger partial charge in [-0.2, -0.15) is 0 Å². The minimum Gasteiger partial charge on any atom is -0.355 e. The van der Waals surface area contributed by atoms with E-state index in [2.05, 4.69) is 10.0 Å². The summed E-state index contributed by atoms with van der Waals surface area (Å²) < 4.78 is 27.3. The second-order valence-corrected chi connectivity index (χ2v) is 6.65. The lowest BCUT2D eigenvalue weighted by Gasteiger charge is -2.23. The number of amides is 1. The molecule has 0 spiro atoms. The van der Waals surface area contributed by atoms with E-state index in [1.165, 1.54) is 0 Å². The number of piperidine rings is 1. The average Bonchev–Trinajstić information content (AvgIpc) is 2.40. The highest BCUT2D eigenvalue weighted by molar-refractivity contribution is 7.89. The summed E-state index contributed by atoms with van der Waals surface area (Å²) in [7, 11) is -3.58. The topological polar surface area (TPSA) is 101 Å². The molecule has 1 amide bonds. The summed E-state index contributed by atoms with van der Waals surface area (Å²) in [6.45, 7) is 2.46. The molecule has 4 N–H and O–H groups in total. The van der Waals surface area contributed by atoms with Crippen LogP contribution in [0.2, 0.25) is 0 Å². The van der Waals surface area contributed by atoms with Gasteiger partial charge in [0.15, 0.2) is 0 Å². The van der Waals surface area contributed by atoms with Crippen molar-refractivity contribution < 1.29 is 13.2 Å². The van der Waals surface area contributed by atoms with E-state index in [1.54, 1.807) is 25.1 Å². The van der Waals surface area contributed by atoms with Crippen molar-refractivity contribution in [2.75, 3.05) is 6.54 Å². The molecule has 110 valence electrons. The number of rotatable bonds is 4. The van der Waals surface area contributed by atoms with Crippen molar-refractivity contribution in [3.63, 3.8) is 0 Å². The van der Waals surface area contributed by atoms with Crippen LogP contribution in [0.1, 0.15) is 24.0 Å². The number of benzene rings is 1. The third kappa shape index (κ3) is 3.36. The average molecular weight is 297 g/mol. The summed E-state index contributed by atoms with van der Waals surface area (Å²) in [6, 6.07) is 4.80. The minimum absolute atomic E-state index is 0.0380. The Kier molecular flexibility index (Phi) is 4.42. The maximum absolute atomic E-state index is 12.3. The van der Waals surface area contributed by atoms with Gasteiger partial charge in [-0.3, -0.25) is 4.79 Å². The molecule has 1 unspecified atom stereocenters. The molecule has 2 rings (SSSR count). The van der Waals surface area contributed by atoms with E-state index in [-0.39, 0.29) is 16.8 Å². The minimum atomic E-state index is -3.58. The fourth-order valence-corrected chi connectivity index (χ4v) is 3.75. The number of hydrogen-bond donors (Lipinski definition) is 3. The molecule has 1 fully saturated rings. The zero-order valence-electron chi connectivity index (χ0n) is 11.3. The van der Waals surface area contributed by atoms with Gasteiger partial charge in [0.25, 0.3) is 0 Å². The van der Waals surface area contributed by atoms with Crippen molar-refractivity contribution in [1.29, 1.82) is 0 Å². The molecule has 0 saturated carbocycles.